The van der Waals surface area contributed by atoms with Crippen LogP contribution in [0, 0.1) is 11.8 Å². The van der Waals surface area contributed by atoms with Crippen LogP contribution in [0.25, 0.3) is 11.3 Å². The van der Waals surface area contributed by atoms with Crippen molar-refractivity contribution in [2.45, 2.75) is 39.2 Å². The third kappa shape index (κ3) is 2.55. The van der Waals surface area contributed by atoms with Gasteiger partial charge in [0.05, 0.1) is 18.2 Å². The van der Waals surface area contributed by atoms with Crippen molar-refractivity contribution in [2.24, 2.45) is 11.8 Å². The van der Waals surface area contributed by atoms with Crippen LogP contribution in [0.5, 0.6) is 0 Å². The van der Waals surface area contributed by atoms with Crippen molar-refractivity contribution < 1.29 is 0 Å². The average molecular weight is 270 g/mol. The van der Waals surface area contributed by atoms with E-state index in [-0.39, 0.29) is 0 Å². The SMILES string of the molecule is CC1CC(C)CC(n2cncc2-c2ccnc(N)c2)C1. The van der Waals surface area contributed by atoms with Crippen molar-refractivity contribution in [3.63, 3.8) is 0 Å². The number of anilines is 1. The Morgan fingerprint density at radius 3 is 2.65 bits per heavy atom. The Balaban J connectivity index is 1.94. The zero-order chi connectivity index (χ0) is 14.1. The summed E-state index contributed by atoms with van der Waals surface area (Å²) < 4.78 is 2.32. The molecule has 3 rings (SSSR count). The summed E-state index contributed by atoms with van der Waals surface area (Å²) in [7, 11) is 0. The molecule has 2 unspecified atom stereocenters. The van der Waals surface area contributed by atoms with E-state index in [2.05, 4.69) is 28.4 Å². The Hall–Kier alpha value is -1.84. The molecule has 2 heterocycles. The second-order valence-corrected chi connectivity index (χ2v) is 6.23. The lowest BCUT2D eigenvalue weighted by Crippen LogP contribution is -2.22. The van der Waals surface area contributed by atoms with Gasteiger partial charge < -0.3 is 10.3 Å². The van der Waals surface area contributed by atoms with E-state index in [9.17, 15) is 0 Å². The van der Waals surface area contributed by atoms with Gasteiger partial charge in [0.15, 0.2) is 0 Å². The Morgan fingerprint density at radius 2 is 1.95 bits per heavy atom. The first-order valence-electron chi connectivity index (χ1n) is 7.37. The Labute approximate surface area is 120 Å². The van der Waals surface area contributed by atoms with Gasteiger partial charge in [-0.05, 0) is 43.2 Å². The van der Waals surface area contributed by atoms with Crippen LogP contribution in [0.1, 0.15) is 39.2 Å². The van der Waals surface area contributed by atoms with Crippen LogP contribution in [-0.2, 0) is 0 Å². The first-order valence-corrected chi connectivity index (χ1v) is 7.37. The summed E-state index contributed by atoms with van der Waals surface area (Å²) in [6.45, 7) is 4.70. The van der Waals surface area contributed by atoms with E-state index in [1.165, 1.54) is 19.3 Å². The maximum absolute atomic E-state index is 5.80. The van der Waals surface area contributed by atoms with Gasteiger partial charge in [-0.15, -0.1) is 0 Å². The van der Waals surface area contributed by atoms with E-state index in [4.69, 9.17) is 5.73 Å². The number of hydrogen-bond donors (Lipinski definition) is 1. The molecule has 0 radical (unpaired) electrons. The predicted octanol–water partition coefficient (Wildman–Crippen LogP) is 3.52. The van der Waals surface area contributed by atoms with Gasteiger partial charge >= 0.3 is 0 Å². The molecule has 2 N–H and O–H groups in total. The Kier molecular flexibility index (Phi) is 3.47. The number of nitrogens with two attached hydrogens (primary N) is 1. The zero-order valence-electron chi connectivity index (χ0n) is 12.2. The summed E-state index contributed by atoms with van der Waals surface area (Å²) in [4.78, 5) is 8.42. The molecule has 2 aromatic rings. The van der Waals surface area contributed by atoms with Gasteiger partial charge in [-0.25, -0.2) is 9.97 Å². The zero-order valence-corrected chi connectivity index (χ0v) is 12.2. The number of aromatic nitrogens is 3. The molecular formula is C16H22N4. The fourth-order valence-corrected chi connectivity index (χ4v) is 3.56. The van der Waals surface area contributed by atoms with Gasteiger partial charge in [0.2, 0.25) is 0 Å². The molecule has 1 aliphatic rings. The number of imidazole rings is 1. The highest BCUT2D eigenvalue weighted by molar-refractivity contribution is 5.61. The van der Waals surface area contributed by atoms with Crippen LogP contribution >= 0.6 is 0 Å². The highest BCUT2D eigenvalue weighted by atomic mass is 15.1. The molecule has 1 aliphatic carbocycles. The fourth-order valence-electron chi connectivity index (χ4n) is 3.56. The third-order valence-electron chi connectivity index (χ3n) is 4.29. The largest absolute Gasteiger partial charge is 0.384 e. The van der Waals surface area contributed by atoms with Crippen LogP contribution in [0.4, 0.5) is 5.82 Å². The summed E-state index contributed by atoms with van der Waals surface area (Å²) in [6.07, 6.45) is 9.44. The standard InChI is InChI=1S/C16H22N4/c1-11-5-12(2)7-14(6-11)20-10-18-9-15(20)13-3-4-19-16(17)8-13/h3-4,8-12,14H,5-7H2,1-2H3,(H2,17,19). The van der Waals surface area contributed by atoms with E-state index in [0.717, 1.165) is 23.1 Å². The molecule has 1 saturated carbocycles. The molecule has 0 aromatic carbocycles. The average Bonchev–Trinajstić information content (AvgIpc) is 2.86. The molecule has 0 spiro atoms. The molecule has 4 nitrogen and oxygen atoms in total. The minimum absolute atomic E-state index is 0.542. The molecule has 0 bridgehead atoms. The number of pyridine rings is 1. The lowest BCUT2D eigenvalue weighted by molar-refractivity contribution is 0.222. The molecule has 2 aromatic heterocycles. The molecule has 20 heavy (non-hydrogen) atoms. The molecule has 1 fully saturated rings. The maximum atomic E-state index is 5.80. The first kappa shape index (κ1) is 13.2. The van der Waals surface area contributed by atoms with Gasteiger partial charge in [0.1, 0.15) is 5.82 Å². The Morgan fingerprint density at radius 1 is 1.20 bits per heavy atom. The van der Waals surface area contributed by atoms with E-state index < -0.39 is 0 Å². The highest BCUT2D eigenvalue weighted by Crippen LogP contribution is 2.38. The van der Waals surface area contributed by atoms with Crippen LogP contribution in [0.3, 0.4) is 0 Å². The second-order valence-electron chi connectivity index (χ2n) is 6.23. The highest BCUT2D eigenvalue weighted by Gasteiger charge is 2.26. The predicted molar refractivity (Wildman–Crippen MR) is 81.1 cm³/mol. The van der Waals surface area contributed by atoms with Gasteiger partial charge in [-0.3, -0.25) is 0 Å². The van der Waals surface area contributed by atoms with Crippen molar-refractivity contribution in [3.05, 3.63) is 30.9 Å². The van der Waals surface area contributed by atoms with Crippen molar-refractivity contribution in [1.82, 2.24) is 14.5 Å². The maximum Gasteiger partial charge on any atom is 0.123 e. The van der Waals surface area contributed by atoms with E-state index >= 15 is 0 Å². The minimum Gasteiger partial charge on any atom is -0.384 e. The van der Waals surface area contributed by atoms with E-state index in [1.807, 2.05) is 24.7 Å². The smallest absolute Gasteiger partial charge is 0.123 e. The lowest BCUT2D eigenvalue weighted by Gasteiger charge is -2.33. The fraction of sp³-hybridized carbons (Fsp3) is 0.500. The van der Waals surface area contributed by atoms with E-state index in [0.29, 0.717) is 11.9 Å². The number of rotatable bonds is 2. The molecular weight excluding hydrogens is 248 g/mol. The summed E-state index contributed by atoms with van der Waals surface area (Å²) >= 11 is 0. The minimum atomic E-state index is 0.542. The van der Waals surface area contributed by atoms with Gasteiger partial charge in [0, 0.05) is 17.8 Å². The molecule has 2 atom stereocenters. The topological polar surface area (TPSA) is 56.7 Å². The van der Waals surface area contributed by atoms with Gasteiger partial charge in [-0.1, -0.05) is 13.8 Å². The molecule has 0 saturated heterocycles. The molecule has 0 amide bonds. The summed E-state index contributed by atoms with van der Waals surface area (Å²) in [5, 5.41) is 0. The number of nitrogen functional groups attached to an aromatic ring is 1. The lowest BCUT2D eigenvalue weighted by atomic mass is 9.80. The van der Waals surface area contributed by atoms with Gasteiger partial charge in [0.25, 0.3) is 0 Å². The van der Waals surface area contributed by atoms with Crippen molar-refractivity contribution in [2.75, 3.05) is 5.73 Å². The quantitative estimate of drug-likeness (QED) is 0.908. The van der Waals surface area contributed by atoms with Crippen LogP contribution in [0.15, 0.2) is 30.9 Å². The third-order valence-corrected chi connectivity index (χ3v) is 4.29. The molecule has 4 heteroatoms. The van der Waals surface area contributed by atoms with Crippen molar-refractivity contribution >= 4 is 5.82 Å². The van der Waals surface area contributed by atoms with Gasteiger partial charge in [-0.2, -0.15) is 0 Å². The van der Waals surface area contributed by atoms with Crippen LogP contribution < -0.4 is 5.73 Å². The number of nitrogens with zero attached hydrogens (tertiary/aromatic N) is 3. The molecule has 106 valence electrons. The Bertz CT molecular complexity index is 580. The number of hydrogen-bond acceptors (Lipinski definition) is 3. The normalized spacial score (nSPS) is 26.6. The van der Waals surface area contributed by atoms with Crippen LogP contribution in [-0.4, -0.2) is 14.5 Å². The summed E-state index contributed by atoms with van der Waals surface area (Å²) in [5.41, 5.74) is 8.04. The monoisotopic (exact) mass is 270 g/mol. The van der Waals surface area contributed by atoms with E-state index in [1.54, 1.807) is 6.20 Å². The molecule has 0 aliphatic heterocycles. The first-order chi connectivity index (χ1) is 9.63. The van der Waals surface area contributed by atoms with Crippen molar-refractivity contribution in [3.8, 4) is 11.3 Å². The second kappa shape index (κ2) is 5.27. The summed E-state index contributed by atoms with van der Waals surface area (Å²) in [5.74, 6) is 2.11. The summed E-state index contributed by atoms with van der Waals surface area (Å²) in [6, 6.07) is 4.46. The van der Waals surface area contributed by atoms with Crippen molar-refractivity contribution in [1.29, 1.82) is 0 Å². The van der Waals surface area contributed by atoms with Crippen LogP contribution in [0.2, 0.25) is 0 Å².